The van der Waals surface area contributed by atoms with E-state index in [0.717, 1.165) is 23.7 Å². The lowest BCUT2D eigenvalue weighted by atomic mass is 9.95. The van der Waals surface area contributed by atoms with Crippen molar-refractivity contribution in [3.05, 3.63) is 34.3 Å². The quantitative estimate of drug-likeness (QED) is 0.899. The molecule has 0 aliphatic heterocycles. The molecule has 1 aliphatic rings. The van der Waals surface area contributed by atoms with Gasteiger partial charge in [0.05, 0.1) is 0 Å². The number of carbonyl (C=O) groups is 1. The van der Waals surface area contributed by atoms with Crippen molar-refractivity contribution in [2.45, 2.75) is 51.0 Å². The van der Waals surface area contributed by atoms with E-state index in [-0.39, 0.29) is 5.91 Å². The van der Waals surface area contributed by atoms with Crippen LogP contribution in [0.4, 0.5) is 0 Å². The van der Waals surface area contributed by atoms with E-state index >= 15 is 0 Å². The number of amides is 1. The van der Waals surface area contributed by atoms with Crippen molar-refractivity contribution in [3.63, 3.8) is 0 Å². The van der Waals surface area contributed by atoms with Crippen molar-refractivity contribution < 1.29 is 4.79 Å². The van der Waals surface area contributed by atoms with E-state index in [1.807, 2.05) is 12.1 Å². The van der Waals surface area contributed by atoms with Gasteiger partial charge in [-0.25, -0.2) is 0 Å². The van der Waals surface area contributed by atoms with Gasteiger partial charge in [0.15, 0.2) is 0 Å². The van der Waals surface area contributed by atoms with Gasteiger partial charge in [-0.2, -0.15) is 0 Å². The van der Waals surface area contributed by atoms with Crippen molar-refractivity contribution in [1.29, 1.82) is 0 Å². The molecule has 0 bridgehead atoms. The summed E-state index contributed by atoms with van der Waals surface area (Å²) >= 11 is 3.45. The second-order valence-electron chi connectivity index (χ2n) is 5.03. The van der Waals surface area contributed by atoms with Gasteiger partial charge < -0.3 is 5.32 Å². The van der Waals surface area contributed by atoms with Crippen molar-refractivity contribution in [1.82, 2.24) is 5.32 Å². The average Bonchev–Trinajstić information content (AvgIpc) is 2.38. The minimum atomic E-state index is 0.196. The third-order valence-corrected chi connectivity index (χ3v) is 3.99. The zero-order chi connectivity index (χ0) is 12.8. The molecule has 0 aromatic heterocycles. The average molecular weight is 310 g/mol. The molecule has 0 radical (unpaired) electrons. The second kappa shape index (κ2) is 6.93. The van der Waals surface area contributed by atoms with Crippen LogP contribution in [0.5, 0.6) is 0 Å². The first-order valence-corrected chi connectivity index (χ1v) is 7.57. The summed E-state index contributed by atoms with van der Waals surface area (Å²) in [6, 6.07) is 8.59. The molecule has 98 valence electrons. The highest BCUT2D eigenvalue weighted by molar-refractivity contribution is 9.10. The van der Waals surface area contributed by atoms with Gasteiger partial charge in [0.2, 0.25) is 5.91 Å². The van der Waals surface area contributed by atoms with Crippen LogP contribution in [-0.4, -0.2) is 11.9 Å². The third kappa shape index (κ3) is 4.45. The Morgan fingerprint density at radius 2 is 2.06 bits per heavy atom. The van der Waals surface area contributed by atoms with Crippen LogP contribution in [0.25, 0.3) is 0 Å². The highest BCUT2D eigenvalue weighted by Gasteiger charge is 2.15. The number of nitrogens with one attached hydrogen (secondary N) is 1. The Hall–Kier alpha value is -0.830. The number of rotatable bonds is 4. The zero-order valence-corrected chi connectivity index (χ0v) is 12.2. The monoisotopic (exact) mass is 309 g/mol. The van der Waals surface area contributed by atoms with Crippen LogP contribution in [0.15, 0.2) is 28.7 Å². The maximum absolute atomic E-state index is 11.8. The van der Waals surface area contributed by atoms with Crippen molar-refractivity contribution in [2.75, 3.05) is 0 Å². The molecular weight excluding hydrogens is 290 g/mol. The van der Waals surface area contributed by atoms with Crippen molar-refractivity contribution >= 4 is 21.8 Å². The fraction of sp³-hybridized carbons (Fsp3) is 0.533. The first-order valence-electron chi connectivity index (χ1n) is 6.78. The van der Waals surface area contributed by atoms with Gasteiger partial charge in [0.25, 0.3) is 0 Å². The highest BCUT2D eigenvalue weighted by atomic mass is 79.9. The predicted molar refractivity (Wildman–Crippen MR) is 77.5 cm³/mol. The summed E-state index contributed by atoms with van der Waals surface area (Å²) < 4.78 is 1.08. The highest BCUT2D eigenvalue weighted by Crippen LogP contribution is 2.18. The number of carbonyl (C=O) groups excluding carboxylic acids is 1. The lowest BCUT2D eigenvalue weighted by molar-refractivity contribution is -0.121. The van der Waals surface area contributed by atoms with Gasteiger partial charge in [0.1, 0.15) is 0 Å². The fourth-order valence-corrected chi connectivity index (χ4v) is 2.94. The molecular formula is C15H20BrNO. The van der Waals surface area contributed by atoms with Gasteiger partial charge in [-0.1, -0.05) is 47.3 Å². The molecule has 3 heteroatoms. The van der Waals surface area contributed by atoms with E-state index < -0.39 is 0 Å². The summed E-state index contributed by atoms with van der Waals surface area (Å²) in [6.07, 6.45) is 7.56. The van der Waals surface area contributed by atoms with Crippen LogP contribution in [0.1, 0.15) is 44.1 Å². The Morgan fingerprint density at radius 3 is 2.78 bits per heavy atom. The third-order valence-electron chi connectivity index (χ3n) is 3.50. The number of hydrogen-bond acceptors (Lipinski definition) is 1. The molecule has 1 saturated carbocycles. The summed E-state index contributed by atoms with van der Waals surface area (Å²) in [7, 11) is 0. The molecule has 1 aliphatic carbocycles. The smallest absolute Gasteiger partial charge is 0.220 e. The van der Waals surface area contributed by atoms with Crippen molar-refractivity contribution in [3.8, 4) is 0 Å². The van der Waals surface area contributed by atoms with Crippen LogP contribution in [0, 0.1) is 0 Å². The number of hydrogen-bond donors (Lipinski definition) is 1. The standard InChI is InChI=1S/C15H20BrNO/c16-13-6-4-5-12(11-13)9-10-15(18)17-14-7-2-1-3-8-14/h4-6,11,14H,1-3,7-10H2,(H,17,18). The molecule has 18 heavy (non-hydrogen) atoms. The molecule has 1 N–H and O–H groups in total. The first kappa shape index (κ1) is 13.6. The Bertz CT molecular complexity index is 399. The molecule has 0 unspecified atom stereocenters. The summed E-state index contributed by atoms with van der Waals surface area (Å²) in [6.45, 7) is 0. The molecule has 1 fully saturated rings. The van der Waals surface area contributed by atoms with Crippen LogP contribution >= 0.6 is 15.9 Å². The fourth-order valence-electron chi connectivity index (χ4n) is 2.50. The van der Waals surface area contributed by atoms with Crippen LogP contribution < -0.4 is 5.32 Å². The topological polar surface area (TPSA) is 29.1 Å². The molecule has 0 saturated heterocycles. The Kier molecular flexibility index (Phi) is 5.24. The van der Waals surface area contributed by atoms with E-state index in [9.17, 15) is 4.79 Å². The van der Waals surface area contributed by atoms with E-state index in [4.69, 9.17) is 0 Å². The van der Waals surface area contributed by atoms with Gasteiger partial charge in [-0.05, 0) is 37.0 Å². The molecule has 2 rings (SSSR count). The minimum Gasteiger partial charge on any atom is -0.353 e. The van der Waals surface area contributed by atoms with Crippen LogP contribution in [0.3, 0.4) is 0 Å². The molecule has 0 heterocycles. The molecule has 0 atom stereocenters. The van der Waals surface area contributed by atoms with E-state index in [1.165, 1.54) is 24.8 Å². The SMILES string of the molecule is O=C(CCc1cccc(Br)c1)NC1CCCCC1. The lowest BCUT2D eigenvalue weighted by Crippen LogP contribution is -2.36. The molecule has 1 aromatic carbocycles. The summed E-state index contributed by atoms with van der Waals surface area (Å²) in [5, 5.41) is 3.15. The van der Waals surface area contributed by atoms with E-state index in [1.54, 1.807) is 0 Å². The van der Waals surface area contributed by atoms with Gasteiger partial charge in [-0.3, -0.25) is 4.79 Å². The Morgan fingerprint density at radius 1 is 1.28 bits per heavy atom. The minimum absolute atomic E-state index is 0.196. The molecule has 1 amide bonds. The largest absolute Gasteiger partial charge is 0.353 e. The van der Waals surface area contributed by atoms with E-state index in [0.29, 0.717) is 12.5 Å². The Labute approximate surface area is 117 Å². The van der Waals surface area contributed by atoms with E-state index in [2.05, 4.69) is 33.4 Å². The number of halogens is 1. The maximum Gasteiger partial charge on any atom is 0.220 e. The number of aryl methyl sites for hydroxylation is 1. The molecule has 2 nitrogen and oxygen atoms in total. The predicted octanol–water partition coefficient (Wildman–Crippen LogP) is 3.83. The molecule has 0 spiro atoms. The second-order valence-corrected chi connectivity index (χ2v) is 5.95. The zero-order valence-electron chi connectivity index (χ0n) is 10.6. The Balaban J connectivity index is 1.74. The van der Waals surface area contributed by atoms with Crippen molar-refractivity contribution in [2.24, 2.45) is 0 Å². The normalized spacial score (nSPS) is 16.5. The summed E-state index contributed by atoms with van der Waals surface area (Å²) in [5.41, 5.74) is 1.21. The first-order chi connectivity index (χ1) is 8.74. The van der Waals surface area contributed by atoms with Crippen LogP contribution in [0.2, 0.25) is 0 Å². The lowest BCUT2D eigenvalue weighted by Gasteiger charge is -2.22. The van der Waals surface area contributed by atoms with Crippen LogP contribution in [-0.2, 0) is 11.2 Å². The maximum atomic E-state index is 11.8. The summed E-state index contributed by atoms with van der Waals surface area (Å²) in [4.78, 5) is 11.8. The van der Waals surface area contributed by atoms with Gasteiger partial charge >= 0.3 is 0 Å². The molecule has 1 aromatic rings. The van der Waals surface area contributed by atoms with Gasteiger partial charge in [0, 0.05) is 16.9 Å². The van der Waals surface area contributed by atoms with Gasteiger partial charge in [-0.15, -0.1) is 0 Å². The number of benzene rings is 1. The summed E-state index contributed by atoms with van der Waals surface area (Å²) in [5.74, 6) is 0.196.